The molecule has 17 heavy (non-hydrogen) atoms. The summed E-state index contributed by atoms with van der Waals surface area (Å²) in [6, 6.07) is 13.1. The Hall–Kier alpha value is -1.67. The molecule has 0 bridgehead atoms. The number of hydrogen-bond acceptors (Lipinski definition) is 1. The highest BCUT2D eigenvalue weighted by Crippen LogP contribution is 2.27. The molecule has 0 fully saturated rings. The molecular weight excluding hydrogens is 213 g/mol. The lowest BCUT2D eigenvalue weighted by molar-refractivity contribution is 0.627. The molecule has 0 aliphatic rings. The van der Waals surface area contributed by atoms with Crippen molar-refractivity contribution in [3.63, 3.8) is 0 Å². The number of benzene rings is 2. The zero-order valence-electron chi connectivity index (χ0n) is 10.1. The van der Waals surface area contributed by atoms with E-state index in [-0.39, 0.29) is 5.82 Å². The van der Waals surface area contributed by atoms with Crippen molar-refractivity contribution in [2.75, 3.05) is 7.05 Å². The van der Waals surface area contributed by atoms with E-state index in [1.54, 1.807) is 6.07 Å². The van der Waals surface area contributed by atoms with Gasteiger partial charge in [0.15, 0.2) is 0 Å². The topological polar surface area (TPSA) is 12.0 Å². The first kappa shape index (κ1) is 11.8. The van der Waals surface area contributed by atoms with Gasteiger partial charge in [0, 0.05) is 6.54 Å². The molecule has 1 nitrogen and oxygen atoms in total. The minimum absolute atomic E-state index is 0.183. The molecule has 2 rings (SSSR count). The minimum Gasteiger partial charge on any atom is -0.316 e. The van der Waals surface area contributed by atoms with Crippen LogP contribution in [0, 0.1) is 12.7 Å². The predicted molar refractivity (Wildman–Crippen MR) is 69.3 cm³/mol. The van der Waals surface area contributed by atoms with E-state index in [1.165, 1.54) is 17.2 Å². The van der Waals surface area contributed by atoms with Crippen LogP contribution in [0.1, 0.15) is 11.1 Å². The smallest absolute Gasteiger partial charge is 0.123 e. The van der Waals surface area contributed by atoms with E-state index < -0.39 is 0 Å². The highest BCUT2D eigenvalue weighted by atomic mass is 19.1. The van der Waals surface area contributed by atoms with Crippen LogP contribution in [0.15, 0.2) is 42.5 Å². The highest BCUT2D eigenvalue weighted by molar-refractivity contribution is 5.70. The van der Waals surface area contributed by atoms with Crippen LogP contribution in [0.3, 0.4) is 0 Å². The first-order valence-electron chi connectivity index (χ1n) is 5.71. The van der Waals surface area contributed by atoms with Crippen LogP contribution in [0.4, 0.5) is 4.39 Å². The summed E-state index contributed by atoms with van der Waals surface area (Å²) in [6.45, 7) is 2.75. The third-order valence-corrected chi connectivity index (χ3v) is 2.86. The zero-order chi connectivity index (χ0) is 12.3. The van der Waals surface area contributed by atoms with E-state index in [4.69, 9.17) is 0 Å². The van der Waals surface area contributed by atoms with Crippen molar-refractivity contribution in [3.8, 4) is 11.1 Å². The van der Waals surface area contributed by atoms with Crippen molar-refractivity contribution in [3.05, 3.63) is 59.4 Å². The second kappa shape index (κ2) is 5.11. The van der Waals surface area contributed by atoms with Gasteiger partial charge in [-0.05, 0) is 48.4 Å². The lowest BCUT2D eigenvalue weighted by atomic mass is 9.96. The number of rotatable bonds is 3. The third kappa shape index (κ3) is 2.53. The summed E-state index contributed by atoms with van der Waals surface area (Å²) in [7, 11) is 1.92. The summed E-state index contributed by atoms with van der Waals surface area (Å²) in [5.74, 6) is -0.183. The maximum Gasteiger partial charge on any atom is 0.123 e. The summed E-state index contributed by atoms with van der Waals surface area (Å²) in [4.78, 5) is 0. The molecule has 0 unspecified atom stereocenters. The third-order valence-electron chi connectivity index (χ3n) is 2.86. The summed E-state index contributed by atoms with van der Waals surface area (Å²) in [5, 5.41) is 3.15. The van der Waals surface area contributed by atoms with Gasteiger partial charge in [-0.3, -0.25) is 0 Å². The van der Waals surface area contributed by atoms with Crippen molar-refractivity contribution in [2.24, 2.45) is 0 Å². The molecular formula is C15H16FN. The lowest BCUT2D eigenvalue weighted by Crippen LogP contribution is -2.06. The lowest BCUT2D eigenvalue weighted by Gasteiger charge is -2.11. The van der Waals surface area contributed by atoms with E-state index in [0.29, 0.717) is 0 Å². The molecule has 0 spiro atoms. The number of hydrogen-bond donors (Lipinski definition) is 1. The SMILES string of the molecule is CNCc1ccccc1-c1ccc(F)cc1C. The molecule has 0 radical (unpaired) electrons. The monoisotopic (exact) mass is 229 g/mol. The quantitative estimate of drug-likeness (QED) is 0.849. The molecule has 1 N–H and O–H groups in total. The average molecular weight is 229 g/mol. The Balaban J connectivity index is 2.52. The normalized spacial score (nSPS) is 10.5. The summed E-state index contributed by atoms with van der Waals surface area (Å²) >= 11 is 0. The molecule has 2 aromatic rings. The van der Waals surface area contributed by atoms with Gasteiger partial charge in [-0.25, -0.2) is 4.39 Å². The zero-order valence-corrected chi connectivity index (χ0v) is 10.1. The fourth-order valence-electron chi connectivity index (χ4n) is 2.06. The molecule has 0 saturated carbocycles. The fraction of sp³-hybridized carbons (Fsp3) is 0.200. The van der Waals surface area contributed by atoms with Gasteiger partial charge in [0.1, 0.15) is 5.82 Å². The molecule has 2 heteroatoms. The molecule has 2 aromatic carbocycles. The van der Waals surface area contributed by atoms with Crippen molar-refractivity contribution in [1.29, 1.82) is 0 Å². The van der Waals surface area contributed by atoms with E-state index in [1.807, 2.05) is 32.2 Å². The molecule has 0 saturated heterocycles. The Labute approximate surface area is 101 Å². The first-order chi connectivity index (χ1) is 8.22. The maximum atomic E-state index is 13.1. The number of aryl methyl sites for hydroxylation is 1. The second-order valence-corrected chi connectivity index (χ2v) is 4.15. The Kier molecular flexibility index (Phi) is 3.55. The van der Waals surface area contributed by atoms with Gasteiger partial charge in [-0.2, -0.15) is 0 Å². The van der Waals surface area contributed by atoms with Crippen LogP contribution in [0.25, 0.3) is 11.1 Å². The van der Waals surface area contributed by atoms with Gasteiger partial charge < -0.3 is 5.32 Å². The Morgan fingerprint density at radius 3 is 2.53 bits per heavy atom. The van der Waals surface area contributed by atoms with Crippen LogP contribution < -0.4 is 5.32 Å². The molecule has 0 aliphatic carbocycles. The van der Waals surface area contributed by atoms with E-state index in [0.717, 1.165) is 17.7 Å². The van der Waals surface area contributed by atoms with Gasteiger partial charge >= 0.3 is 0 Å². The van der Waals surface area contributed by atoms with Crippen LogP contribution >= 0.6 is 0 Å². The summed E-state index contributed by atoms with van der Waals surface area (Å²) in [5.41, 5.74) is 4.45. The van der Waals surface area contributed by atoms with Gasteiger partial charge in [0.05, 0.1) is 0 Å². The van der Waals surface area contributed by atoms with Crippen LogP contribution in [0.5, 0.6) is 0 Å². The summed E-state index contributed by atoms with van der Waals surface area (Å²) in [6.07, 6.45) is 0. The van der Waals surface area contributed by atoms with Crippen molar-refractivity contribution >= 4 is 0 Å². The Bertz CT molecular complexity index is 520. The van der Waals surface area contributed by atoms with Crippen LogP contribution in [-0.2, 0) is 6.54 Å². The molecule has 0 heterocycles. The fourth-order valence-corrected chi connectivity index (χ4v) is 2.06. The van der Waals surface area contributed by atoms with E-state index in [9.17, 15) is 4.39 Å². The standard InChI is InChI=1S/C15H16FN/c1-11-9-13(16)7-8-14(11)15-6-4-3-5-12(15)10-17-2/h3-9,17H,10H2,1-2H3. The van der Waals surface area contributed by atoms with E-state index in [2.05, 4.69) is 17.4 Å². The van der Waals surface area contributed by atoms with Gasteiger partial charge in [0.25, 0.3) is 0 Å². The van der Waals surface area contributed by atoms with Crippen LogP contribution in [0.2, 0.25) is 0 Å². The average Bonchev–Trinajstić information content (AvgIpc) is 2.31. The molecule has 0 aliphatic heterocycles. The summed E-state index contributed by atoms with van der Waals surface area (Å²) < 4.78 is 13.1. The number of nitrogens with one attached hydrogen (secondary N) is 1. The maximum absolute atomic E-state index is 13.1. The molecule has 0 atom stereocenters. The van der Waals surface area contributed by atoms with E-state index >= 15 is 0 Å². The molecule has 0 aromatic heterocycles. The second-order valence-electron chi connectivity index (χ2n) is 4.15. The highest BCUT2D eigenvalue weighted by Gasteiger charge is 2.07. The predicted octanol–water partition coefficient (Wildman–Crippen LogP) is 3.52. The van der Waals surface area contributed by atoms with Gasteiger partial charge in [0.2, 0.25) is 0 Å². The molecule has 0 amide bonds. The Morgan fingerprint density at radius 2 is 1.82 bits per heavy atom. The van der Waals surface area contributed by atoms with Crippen LogP contribution in [-0.4, -0.2) is 7.05 Å². The van der Waals surface area contributed by atoms with Gasteiger partial charge in [-0.15, -0.1) is 0 Å². The first-order valence-corrected chi connectivity index (χ1v) is 5.71. The van der Waals surface area contributed by atoms with Gasteiger partial charge in [-0.1, -0.05) is 30.3 Å². The molecule has 88 valence electrons. The number of halogens is 1. The largest absolute Gasteiger partial charge is 0.316 e. The van der Waals surface area contributed by atoms with Crippen molar-refractivity contribution < 1.29 is 4.39 Å². The van der Waals surface area contributed by atoms with Crippen molar-refractivity contribution in [2.45, 2.75) is 13.5 Å². The Morgan fingerprint density at radius 1 is 1.06 bits per heavy atom. The van der Waals surface area contributed by atoms with Crippen molar-refractivity contribution in [1.82, 2.24) is 5.32 Å². The minimum atomic E-state index is -0.183.